The van der Waals surface area contributed by atoms with Gasteiger partial charge < -0.3 is 10.6 Å². The molecule has 2 N–H and O–H groups in total. The minimum Gasteiger partial charge on any atom is -0.355 e. The van der Waals surface area contributed by atoms with Gasteiger partial charge in [-0.3, -0.25) is 4.79 Å². The number of hydrogen-bond acceptors (Lipinski definition) is 2. The normalized spacial score (nSPS) is 13.9. The van der Waals surface area contributed by atoms with Gasteiger partial charge in [-0.25, -0.2) is 0 Å². The molecular weight excluding hydrogens is 221 g/mol. The highest BCUT2D eigenvalue weighted by Gasteiger charge is 2.26. The number of amides is 1. The summed E-state index contributed by atoms with van der Waals surface area (Å²) in [6, 6.07) is 0. The van der Waals surface area contributed by atoms with Crippen molar-refractivity contribution < 1.29 is 18.0 Å². The third-order valence-corrected chi connectivity index (χ3v) is 2.37. The first kappa shape index (κ1) is 15.2. The van der Waals surface area contributed by atoms with E-state index in [0.717, 1.165) is 0 Å². The van der Waals surface area contributed by atoms with Crippen molar-refractivity contribution in [2.45, 2.75) is 26.9 Å². The van der Waals surface area contributed by atoms with Gasteiger partial charge in [0, 0.05) is 6.54 Å². The molecule has 0 heterocycles. The van der Waals surface area contributed by atoms with Crippen LogP contribution < -0.4 is 10.6 Å². The second kappa shape index (κ2) is 6.73. The summed E-state index contributed by atoms with van der Waals surface area (Å²) in [6.07, 6.45) is -4.27. The predicted molar refractivity (Wildman–Crippen MR) is 55.9 cm³/mol. The van der Waals surface area contributed by atoms with Crippen LogP contribution in [0.2, 0.25) is 0 Å². The van der Waals surface area contributed by atoms with Gasteiger partial charge in [0.05, 0.1) is 13.1 Å². The van der Waals surface area contributed by atoms with Gasteiger partial charge in [-0.2, -0.15) is 13.2 Å². The average molecular weight is 240 g/mol. The molecule has 96 valence electrons. The number of hydrogen-bond donors (Lipinski definition) is 2. The van der Waals surface area contributed by atoms with E-state index in [9.17, 15) is 18.0 Å². The van der Waals surface area contributed by atoms with Crippen LogP contribution in [-0.2, 0) is 4.79 Å². The maximum absolute atomic E-state index is 11.7. The number of rotatable bonds is 6. The van der Waals surface area contributed by atoms with Gasteiger partial charge in [0.15, 0.2) is 0 Å². The second-order valence-electron chi connectivity index (χ2n) is 4.24. The van der Waals surface area contributed by atoms with E-state index in [4.69, 9.17) is 0 Å². The Morgan fingerprint density at radius 1 is 1.25 bits per heavy atom. The Balaban J connectivity index is 3.60. The molecule has 0 saturated carbocycles. The van der Waals surface area contributed by atoms with Crippen molar-refractivity contribution in [3.63, 3.8) is 0 Å². The number of alkyl halides is 3. The topological polar surface area (TPSA) is 41.1 Å². The Kier molecular flexibility index (Phi) is 6.40. The molecule has 1 unspecified atom stereocenters. The molecule has 0 aromatic heterocycles. The van der Waals surface area contributed by atoms with Gasteiger partial charge in [0.2, 0.25) is 5.91 Å². The maximum atomic E-state index is 11.7. The molecule has 0 aromatic rings. The molecule has 0 radical (unpaired) electrons. The molecule has 0 saturated heterocycles. The minimum absolute atomic E-state index is 0.301. The van der Waals surface area contributed by atoms with Crippen LogP contribution in [-0.4, -0.2) is 31.7 Å². The van der Waals surface area contributed by atoms with Crippen LogP contribution in [0, 0.1) is 11.8 Å². The molecule has 1 atom stereocenters. The first-order valence-corrected chi connectivity index (χ1v) is 5.26. The van der Waals surface area contributed by atoms with Gasteiger partial charge in [-0.1, -0.05) is 20.8 Å². The van der Waals surface area contributed by atoms with Crippen LogP contribution in [0.25, 0.3) is 0 Å². The van der Waals surface area contributed by atoms with E-state index in [2.05, 4.69) is 5.32 Å². The minimum atomic E-state index is -4.27. The maximum Gasteiger partial charge on any atom is 0.401 e. The van der Waals surface area contributed by atoms with Gasteiger partial charge in [-0.15, -0.1) is 0 Å². The molecule has 0 aliphatic heterocycles. The number of carbonyl (C=O) groups is 1. The Morgan fingerprint density at radius 3 is 2.25 bits per heavy atom. The molecule has 0 aliphatic rings. The second-order valence-corrected chi connectivity index (χ2v) is 4.24. The first-order valence-electron chi connectivity index (χ1n) is 5.26. The van der Waals surface area contributed by atoms with Crippen molar-refractivity contribution in [2.75, 3.05) is 19.6 Å². The standard InChI is InChI=1S/C10H19F3N2O/c1-7(2)8(3)4-15-9(16)5-14-6-10(11,12)13/h7-8,14H,4-6H2,1-3H3,(H,15,16). The third-order valence-electron chi connectivity index (χ3n) is 2.37. The van der Waals surface area contributed by atoms with Crippen molar-refractivity contribution in [2.24, 2.45) is 11.8 Å². The lowest BCUT2D eigenvalue weighted by molar-refractivity contribution is -0.128. The molecule has 0 spiro atoms. The highest BCUT2D eigenvalue weighted by molar-refractivity contribution is 5.77. The van der Waals surface area contributed by atoms with E-state index in [1.807, 2.05) is 26.1 Å². The summed E-state index contributed by atoms with van der Waals surface area (Å²) in [6.45, 7) is 5.08. The predicted octanol–water partition coefficient (Wildman–Crippen LogP) is 1.55. The smallest absolute Gasteiger partial charge is 0.355 e. The Hall–Kier alpha value is -0.780. The Bertz CT molecular complexity index is 217. The summed E-state index contributed by atoms with van der Waals surface area (Å²) in [4.78, 5) is 11.1. The SMILES string of the molecule is CC(C)C(C)CNC(=O)CNCC(F)(F)F. The van der Waals surface area contributed by atoms with E-state index in [1.54, 1.807) is 0 Å². The molecule has 0 bridgehead atoms. The van der Waals surface area contributed by atoms with Crippen molar-refractivity contribution in [1.29, 1.82) is 0 Å². The summed E-state index contributed by atoms with van der Waals surface area (Å²) in [7, 11) is 0. The molecule has 1 amide bonds. The molecule has 6 heteroatoms. The summed E-state index contributed by atoms with van der Waals surface area (Å²) in [5, 5.41) is 4.62. The van der Waals surface area contributed by atoms with E-state index in [-0.39, 0.29) is 6.54 Å². The van der Waals surface area contributed by atoms with Crippen molar-refractivity contribution in [3.05, 3.63) is 0 Å². The lowest BCUT2D eigenvalue weighted by Gasteiger charge is -2.16. The zero-order chi connectivity index (χ0) is 12.8. The molecule has 16 heavy (non-hydrogen) atoms. The van der Waals surface area contributed by atoms with Crippen LogP contribution in [0.15, 0.2) is 0 Å². The zero-order valence-electron chi connectivity index (χ0n) is 9.82. The van der Waals surface area contributed by atoms with Crippen molar-refractivity contribution in [1.82, 2.24) is 10.6 Å². The highest BCUT2D eigenvalue weighted by Crippen LogP contribution is 2.11. The molecular formula is C10H19F3N2O. The largest absolute Gasteiger partial charge is 0.401 e. The fraction of sp³-hybridized carbons (Fsp3) is 0.900. The third kappa shape index (κ3) is 8.52. The zero-order valence-corrected chi connectivity index (χ0v) is 9.82. The monoisotopic (exact) mass is 240 g/mol. The molecule has 0 rings (SSSR count). The Morgan fingerprint density at radius 2 is 1.81 bits per heavy atom. The molecule has 0 aliphatic carbocycles. The number of carbonyl (C=O) groups excluding carboxylic acids is 1. The van der Waals surface area contributed by atoms with Crippen LogP contribution in [0.1, 0.15) is 20.8 Å². The average Bonchev–Trinajstić information content (AvgIpc) is 2.11. The summed E-state index contributed by atoms with van der Waals surface area (Å²) in [5.74, 6) is 0.340. The van der Waals surface area contributed by atoms with Gasteiger partial charge in [0.1, 0.15) is 0 Å². The van der Waals surface area contributed by atoms with E-state index in [1.165, 1.54) is 0 Å². The van der Waals surface area contributed by atoms with Gasteiger partial charge in [-0.05, 0) is 11.8 Å². The highest BCUT2D eigenvalue weighted by atomic mass is 19.4. The van der Waals surface area contributed by atoms with Crippen molar-refractivity contribution >= 4 is 5.91 Å². The van der Waals surface area contributed by atoms with Crippen LogP contribution in [0.3, 0.4) is 0 Å². The van der Waals surface area contributed by atoms with E-state index >= 15 is 0 Å². The van der Waals surface area contributed by atoms with Crippen LogP contribution in [0.5, 0.6) is 0 Å². The summed E-state index contributed by atoms with van der Waals surface area (Å²) in [5.41, 5.74) is 0. The van der Waals surface area contributed by atoms with Crippen molar-refractivity contribution in [3.8, 4) is 0 Å². The molecule has 3 nitrogen and oxygen atoms in total. The molecule has 0 aromatic carbocycles. The first-order chi connectivity index (χ1) is 7.22. The summed E-state index contributed by atoms with van der Waals surface area (Å²) < 4.78 is 35.2. The van der Waals surface area contributed by atoms with E-state index < -0.39 is 18.6 Å². The molecule has 0 fully saturated rings. The van der Waals surface area contributed by atoms with Crippen LogP contribution in [0.4, 0.5) is 13.2 Å². The van der Waals surface area contributed by atoms with Gasteiger partial charge in [0.25, 0.3) is 0 Å². The lowest BCUT2D eigenvalue weighted by atomic mass is 9.98. The Labute approximate surface area is 93.8 Å². The quantitative estimate of drug-likeness (QED) is 0.739. The van der Waals surface area contributed by atoms with E-state index in [0.29, 0.717) is 18.4 Å². The number of nitrogens with one attached hydrogen (secondary N) is 2. The fourth-order valence-electron chi connectivity index (χ4n) is 0.891. The number of halogens is 3. The van der Waals surface area contributed by atoms with Gasteiger partial charge >= 0.3 is 6.18 Å². The summed E-state index contributed by atoms with van der Waals surface area (Å²) >= 11 is 0. The lowest BCUT2D eigenvalue weighted by Crippen LogP contribution is -2.40. The van der Waals surface area contributed by atoms with Crippen LogP contribution >= 0.6 is 0 Å². The fourth-order valence-corrected chi connectivity index (χ4v) is 0.891.